The van der Waals surface area contributed by atoms with Crippen LogP contribution in [0.2, 0.25) is 0 Å². The summed E-state index contributed by atoms with van der Waals surface area (Å²) in [5, 5.41) is 6.72. The normalized spacial score (nSPS) is 11.6. The molecule has 4 heterocycles. The first-order valence-corrected chi connectivity index (χ1v) is 16.8. The summed E-state index contributed by atoms with van der Waals surface area (Å²) in [4.78, 5) is 20.1. The lowest BCUT2D eigenvalue weighted by molar-refractivity contribution is 1.28. The van der Waals surface area contributed by atoms with E-state index in [9.17, 15) is 0 Å². The molecule has 0 aliphatic carbocycles. The van der Waals surface area contributed by atoms with Gasteiger partial charge in [-0.25, -0.2) is 15.0 Å². The van der Waals surface area contributed by atoms with Crippen molar-refractivity contribution in [3.05, 3.63) is 170 Å². The number of pyridine rings is 4. The van der Waals surface area contributed by atoms with Crippen LogP contribution in [0.5, 0.6) is 0 Å². The van der Waals surface area contributed by atoms with Gasteiger partial charge >= 0.3 is 0 Å². The van der Waals surface area contributed by atoms with E-state index < -0.39 is 0 Å². The van der Waals surface area contributed by atoms with E-state index in [0.717, 1.165) is 82.8 Å². The maximum absolute atomic E-state index is 5.37. The Morgan fingerprint density at radius 3 is 1.90 bits per heavy atom. The average Bonchev–Trinajstić information content (AvgIpc) is 3.19. The van der Waals surface area contributed by atoms with Crippen LogP contribution in [0.25, 0.3) is 99.3 Å². The lowest BCUT2D eigenvalue weighted by atomic mass is 9.92. The molecule has 4 heteroatoms. The van der Waals surface area contributed by atoms with E-state index in [0.29, 0.717) is 0 Å². The topological polar surface area (TPSA) is 51.6 Å². The fraction of sp³-hybridized carbons (Fsp3) is 0. The quantitative estimate of drug-likeness (QED) is 0.142. The molecule has 0 amide bonds. The third-order valence-electron chi connectivity index (χ3n) is 9.70. The SMILES string of the molecule is c1ccc(-c2c3ccccc3nc3c2ccc2ccc(-c4ccc(-c5ccc6ccc(-c7ccccn7)nc6c5)c5ccccc45)nc23)cc1. The zero-order valence-electron chi connectivity index (χ0n) is 27.0. The van der Waals surface area contributed by atoms with Crippen LogP contribution in [-0.2, 0) is 0 Å². The maximum Gasteiger partial charge on any atom is 0.0978 e. The molecular weight excluding hydrogens is 609 g/mol. The number of aromatic nitrogens is 4. The Morgan fingerprint density at radius 2 is 1.04 bits per heavy atom. The van der Waals surface area contributed by atoms with Crippen molar-refractivity contribution in [1.29, 1.82) is 0 Å². The molecule has 0 saturated heterocycles. The molecule has 0 unspecified atom stereocenters. The lowest BCUT2D eigenvalue weighted by Crippen LogP contribution is -1.94. The van der Waals surface area contributed by atoms with Crippen molar-refractivity contribution in [2.45, 2.75) is 0 Å². The zero-order chi connectivity index (χ0) is 33.0. The summed E-state index contributed by atoms with van der Waals surface area (Å²) < 4.78 is 0. The third kappa shape index (κ3) is 4.61. The molecule has 6 aromatic carbocycles. The molecule has 10 aromatic rings. The summed E-state index contributed by atoms with van der Waals surface area (Å²) >= 11 is 0. The number of rotatable bonds is 4. The molecule has 4 aromatic heterocycles. The summed E-state index contributed by atoms with van der Waals surface area (Å²) in [6, 6.07) is 57.3. The Bertz CT molecular complexity index is 2920. The summed E-state index contributed by atoms with van der Waals surface area (Å²) in [6.45, 7) is 0. The lowest BCUT2D eigenvalue weighted by Gasteiger charge is -2.15. The highest BCUT2D eigenvalue weighted by atomic mass is 14.8. The first-order chi connectivity index (χ1) is 24.8. The van der Waals surface area contributed by atoms with Gasteiger partial charge in [-0.3, -0.25) is 4.98 Å². The minimum Gasteiger partial charge on any atom is -0.255 e. The fourth-order valence-electron chi connectivity index (χ4n) is 7.32. The van der Waals surface area contributed by atoms with Crippen LogP contribution >= 0.6 is 0 Å². The van der Waals surface area contributed by atoms with E-state index in [4.69, 9.17) is 15.0 Å². The Hall–Kier alpha value is -6.78. The number of hydrogen-bond donors (Lipinski definition) is 0. The van der Waals surface area contributed by atoms with Crippen LogP contribution < -0.4 is 0 Å². The van der Waals surface area contributed by atoms with Crippen LogP contribution in [-0.4, -0.2) is 19.9 Å². The van der Waals surface area contributed by atoms with Gasteiger partial charge in [-0.2, -0.15) is 0 Å². The van der Waals surface area contributed by atoms with E-state index in [1.54, 1.807) is 6.20 Å². The highest BCUT2D eigenvalue weighted by Crippen LogP contribution is 2.40. The van der Waals surface area contributed by atoms with Crippen molar-refractivity contribution in [3.8, 4) is 44.9 Å². The molecular formula is C46H28N4. The van der Waals surface area contributed by atoms with Crippen LogP contribution in [0.3, 0.4) is 0 Å². The molecule has 0 spiro atoms. The molecule has 0 bridgehead atoms. The van der Waals surface area contributed by atoms with Crippen molar-refractivity contribution >= 4 is 54.4 Å². The predicted octanol–water partition coefficient (Wildman–Crippen LogP) is 11.7. The zero-order valence-corrected chi connectivity index (χ0v) is 27.0. The minimum absolute atomic E-state index is 0.865. The van der Waals surface area contributed by atoms with Crippen molar-refractivity contribution in [3.63, 3.8) is 0 Å². The summed E-state index contributed by atoms with van der Waals surface area (Å²) in [6.07, 6.45) is 1.80. The summed E-state index contributed by atoms with van der Waals surface area (Å²) in [5.74, 6) is 0. The molecule has 0 aliphatic rings. The van der Waals surface area contributed by atoms with Crippen LogP contribution in [0, 0.1) is 0 Å². The van der Waals surface area contributed by atoms with Crippen molar-refractivity contribution in [2.75, 3.05) is 0 Å². The molecule has 50 heavy (non-hydrogen) atoms. The van der Waals surface area contributed by atoms with Crippen molar-refractivity contribution in [2.24, 2.45) is 0 Å². The largest absolute Gasteiger partial charge is 0.255 e. The molecule has 0 atom stereocenters. The molecule has 4 nitrogen and oxygen atoms in total. The van der Waals surface area contributed by atoms with Gasteiger partial charge in [-0.1, -0.05) is 127 Å². The average molecular weight is 637 g/mol. The Morgan fingerprint density at radius 1 is 0.340 bits per heavy atom. The van der Waals surface area contributed by atoms with Crippen LogP contribution in [0.4, 0.5) is 0 Å². The maximum atomic E-state index is 5.37. The standard InChI is InChI=1S/C46H28N4/c1-2-10-30(11-3-1)44-37-14-6-7-15-39(37)50-46-38(44)22-19-31-21-25-40(49-45(31)46)36-24-23-33(34-12-4-5-13-35(34)36)32-18-17-29-20-26-42(48-43(29)28-32)41-16-8-9-27-47-41/h1-28H. The first kappa shape index (κ1) is 28.3. The van der Waals surface area contributed by atoms with Crippen LogP contribution in [0.15, 0.2) is 170 Å². The number of fused-ring (bicyclic) bond motifs is 6. The number of nitrogens with zero attached hydrogens (tertiary/aromatic N) is 4. The van der Waals surface area contributed by atoms with Gasteiger partial charge in [0.15, 0.2) is 0 Å². The van der Waals surface area contributed by atoms with Gasteiger partial charge in [0.25, 0.3) is 0 Å². The Balaban J connectivity index is 1.14. The second-order valence-corrected chi connectivity index (χ2v) is 12.6. The van der Waals surface area contributed by atoms with Crippen LogP contribution in [0.1, 0.15) is 0 Å². The highest BCUT2D eigenvalue weighted by molar-refractivity contribution is 6.16. The monoisotopic (exact) mass is 636 g/mol. The van der Waals surface area contributed by atoms with Gasteiger partial charge in [-0.05, 0) is 63.9 Å². The number of para-hydroxylation sites is 1. The summed E-state index contributed by atoms with van der Waals surface area (Å²) in [5.41, 5.74) is 12.1. The van der Waals surface area contributed by atoms with E-state index in [1.807, 2.05) is 24.3 Å². The minimum atomic E-state index is 0.865. The molecule has 10 rings (SSSR count). The van der Waals surface area contributed by atoms with Gasteiger partial charge in [-0.15, -0.1) is 0 Å². The van der Waals surface area contributed by atoms with Gasteiger partial charge in [0, 0.05) is 38.9 Å². The number of hydrogen-bond acceptors (Lipinski definition) is 4. The molecule has 0 radical (unpaired) electrons. The van der Waals surface area contributed by atoms with Crippen molar-refractivity contribution in [1.82, 2.24) is 19.9 Å². The van der Waals surface area contributed by atoms with E-state index in [1.165, 1.54) is 16.5 Å². The van der Waals surface area contributed by atoms with Gasteiger partial charge in [0.05, 0.1) is 39.1 Å². The first-order valence-electron chi connectivity index (χ1n) is 16.8. The fourth-order valence-corrected chi connectivity index (χ4v) is 7.32. The molecule has 0 fully saturated rings. The Labute approximate surface area is 288 Å². The number of benzene rings is 6. The Kier molecular flexibility index (Phi) is 6.46. The third-order valence-corrected chi connectivity index (χ3v) is 9.70. The molecule has 0 saturated carbocycles. The second-order valence-electron chi connectivity index (χ2n) is 12.6. The smallest absolute Gasteiger partial charge is 0.0978 e. The molecule has 0 aliphatic heterocycles. The van der Waals surface area contributed by atoms with E-state index >= 15 is 0 Å². The van der Waals surface area contributed by atoms with Gasteiger partial charge in [0.1, 0.15) is 0 Å². The van der Waals surface area contributed by atoms with Gasteiger partial charge < -0.3 is 0 Å². The van der Waals surface area contributed by atoms with E-state index in [2.05, 4.69) is 145 Å². The summed E-state index contributed by atoms with van der Waals surface area (Å²) in [7, 11) is 0. The second kappa shape index (κ2) is 11.4. The predicted molar refractivity (Wildman–Crippen MR) is 207 cm³/mol. The van der Waals surface area contributed by atoms with Gasteiger partial charge in [0.2, 0.25) is 0 Å². The van der Waals surface area contributed by atoms with E-state index in [-0.39, 0.29) is 0 Å². The highest BCUT2D eigenvalue weighted by Gasteiger charge is 2.16. The molecule has 0 N–H and O–H groups in total. The molecule has 232 valence electrons. The van der Waals surface area contributed by atoms with Crippen molar-refractivity contribution < 1.29 is 0 Å².